The molecule has 6 nitrogen and oxygen atoms in total. The van der Waals surface area contributed by atoms with Gasteiger partial charge in [-0.15, -0.1) is 9.20 Å². The van der Waals surface area contributed by atoms with Crippen molar-refractivity contribution >= 4 is 49.2 Å². The average Bonchev–Trinajstić information content (AvgIpc) is 2.76. The van der Waals surface area contributed by atoms with Crippen molar-refractivity contribution in [1.29, 1.82) is 0 Å². The first-order valence-corrected chi connectivity index (χ1v) is 8.65. The molecule has 24 heavy (non-hydrogen) atoms. The SMILES string of the molecule is C[n+]1c2ccc(Cl)cc2c2cc3ccccc3cn21.O=S(=O)([O-])O. The zero-order valence-corrected chi connectivity index (χ0v) is 14.1. The molecule has 2 heterocycles. The minimum atomic E-state index is -4.92. The summed E-state index contributed by atoms with van der Waals surface area (Å²) in [7, 11) is -2.85. The van der Waals surface area contributed by atoms with E-state index in [1.807, 2.05) is 12.1 Å². The van der Waals surface area contributed by atoms with Crippen LogP contribution in [0.15, 0.2) is 54.7 Å². The molecule has 0 atom stereocenters. The van der Waals surface area contributed by atoms with Crippen LogP contribution >= 0.6 is 11.6 Å². The number of benzene rings is 2. The van der Waals surface area contributed by atoms with Crippen LogP contribution in [0, 0.1) is 0 Å². The number of rotatable bonds is 0. The zero-order valence-electron chi connectivity index (χ0n) is 12.5. The van der Waals surface area contributed by atoms with Crippen LogP contribution in [-0.2, 0) is 17.4 Å². The first-order chi connectivity index (χ1) is 11.2. The number of fused-ring (bicyclic) bond motifs is 4. The Morgan fingerprint density at radius 2 is 1.75 bits per heavy atom. The Labute approximate surface area is 143 Å². The Hall–Kier alpha value is -2.19. The Bertz CT molecular complexity index is 1160. The van der Waals surface area contributed by atoms with Gasteiger partial charge in [-0.25, -0.2) is 8.42 Å². The molecule has 0 aliphatic carbocycles. The number of aromatic nitrogens is 2. The summed E-state index contributed by atoms with van der Waals surface area (Å²) in [6.07, 6.45) is 2.17. The fourth-order valence-corrected chi connectivity index (χ4v) is 2.91. The maximum atomic E-state index is 8.63. The molecule has 0 aliphatic heterocycles. The van der Waals surface area contributed by atoms with Gasteiger partial charge in [0.05, 0.1) is 11.6 Å². The summed E-state index contributed by atoms with van der Waals surface area (Å²) in [5.74, 6) is 0. The third-order valence-electron chi connectivity index (χ3n) is 3.70. The van der Waals surface area contributed by atoms with E-state index in [0.29, 0.717) is 0 Å². The minimum Gasteiger partial charge on any atom is -0.726 e. The second kappa shape index (κ2) is 6.03. The summed E-state index contributed by atoms with van der Waals surface area (Å²) in [5.41, 5.74) is 2.36. The average molecular weight is 365 g/mol. The number of pyridine rings is 1. The molecule has 124 valence electrons. The van der Waals surface area contributed by atoms with Gasteiger partial charge in [0.1, 0.15) is 5.52 Å². The molecule has 0 amide bonds. The van der Waals surface area contributed by atoms with Gasteiger partial charge < -0.3 is 4.55 Å². The summed E-state index contributed by atoms with van der Waals surface area (Å²) in [6.45, 7) is 0. The van der Waals surface area contributed by atoms with Crippen LogP contribution in [0.2, 0.25) is 5.02 Å². The maximum absolute atomic E-state index is 8.63. The molecular weight excluding hydrogens is 352 g/mol. The molecule has 0 radical (unpaired) electrons. The largest absolute Gasteiger partial charge is 0.726 e. The van der Waals surface area contributed by atoms with E-state index < -0.39 is 10.4 Å². The van der Waals surface area contributed by atoms with Crippen molar-refractivity contribution in [2.24, 2.45) is 7.05 Å². The fourth-order valence-electron chi connectivity index (χ4n) is 2.74. The summed E-state index contributed by atoms with van der Waals surface area (Å²) in [6, 6.07) is 16.6. The number of halogens is 1. The van der Waals surface area contributed by atoms with E-state index in [1.54, 1.807) is 0 Å². The van der Waals surface area contributed by atoms with Crippen LogP contribution in [0.4, 0.5) is 0 Å². The van der Waals surface area contributed by atoms with E-state index >= 15 is 0 Å². The topological polar surface area (TPSA) is 85.7 Å². The second-order valence-electron chi connectivity index (χ2n) is 5.24. The van der Waals surface area contributed by atoms with E-state index in [0.717, 1.165) is 5.02 Å². The highest BCUT2D eigenvalue weighted by Gasteiger charge is 2.16. The summed E-state index contributed by atoms with van der Waals surface area (Å²) < 4.78 is 37.1. The molecule has 4 aromatic rings. The minimum absolute atomic E-state index is 0.772. The summed E-state index contributed by atoms with van der Waals surface area (Å²) in [4.78, 5) is 0. The van der Waals surface area contributed by atoms with Gasteiger partial charge in [-0.3, -0.25) is 4.55 Å². The van der Waals surface area contributed by atoms with Crippen molar-refractivity contribution in [2.45, 2.75) is 0 Å². The quantitative estimate of drug-likeness (QED) is 0.295. The zero-order chi connectivity index (χ0) is 17.5. The van der Waals surface area contributed by atoms with Crippen LogP contribution in [0.3, 0.4) is 0 Å². The van der Waals surface area contributed by atoms with Crippen LogP contribution in [0.1, 0.15) is 0 Å². The van der Waals surface area contributed by atoms with Gasteiger partial charge in [0.25, 0.3) is 0 Å². The number of hydrogen-bond donors (Lipinski definition) is 1. The lowest BCUT2D eigenvalue weighted by molar-refractivity contribution is -0.713. The van der Waals surface area contributed by atoms with Crippen LogP contribution in [0.25, 0.3) is 27.2 Å². The monoisotopic (exact) mass is 364 g/mol. The van der Waals surface area contributed by atoms with E-state index in [9.17, 15) is 0 Å². The molecule has 2 aromatic carbocycles. The van der Waals surface area contributed by atoms with E-state index in [-0.39, 0.29) is 0 Å². The standard InChI is InChI=1S/C16H12ClN2.H2O4S/c1-18-15-7-6-13(17)9-14(15)16-8-11-4-2-3-5-12(11)10-19(16)18;1-5(2,3)4/h2-10H,1H3;(H2,1,2,3,4)/q+1;/p-1. The Balaban J connectivity index is 0.000000300. The smallest absolute Gasteiger partial charge is 0.239 e. The molecule has 0 unspecified atom stereocenters. The molecular formula is C16H13ClN2O4S. The first kappa shape index (κ1) is 16.7. The molecule has 4 rings (SSSR count). The van der Waals surface area contributed by atoms with Gasteiger partial charge in [-0.1, -0.05) is 35.9 Å². The van der Waals surface area contributed by atoms with Crippen molar-refractivity contribution in [3.63, 3.8) is 0 Å². The molecule has 0 saturated carbocycles. The Kier molecular flexibility index (Phi) is 4.18. The normalized spacial score (nSPS) is 11.7. The van der Waals surface area contributed by atoms with Crippen molar-refractivity contribution < 1.29 is 22.2 Å². The summed E-state index contributed by atoms with van der Waals surface area (Å²) >= 11 is 6.13. The van der Waals surface area contributed by atoms with Crippen molar-refractivity contribution in [3.8, 4) is 0 Å². The predicted octanol–water partition coefficient (Wildman–Crippen LogP) is 2.73. The number of hydrogen-bond acceptors (Lipinski definition) is 3. The fraction of sp³-hybridized carbons (Fsp3) is 0.0625. The third-order valence-corrected chi connectivity index (χ3v) is 3.94. The Morgan fingerprint density at radius 3 is 2.42 bits per heavy atom. The van der Waals surface area contributed by atoms with Crippen molar-refractivity contribution in [2.75, 3.05) is 0 Å². The van der Waals surface area contributed by atoms with Crippen LogP contribution < -0.4 is 4.68 Å². The van der Waals surface area contributed by atoms with E-state index in [2.05, 4.69) is 58.8 Å². The molecule has 2 aromatic heterocycles. The first-order valence-electron chi connectivity index (χ1n) is 6.91. The molecule has 0 spiro atoms. The van der Waals surface area contributed by atoms with Gasteiger partial charge in [-0.05, 0) is 23.6 Å². The lowest BCUT2D eigenvalue weighted by Crippen LogP contribution is -2.34. The van der Waals surface area contributed by atoms with Crippen molar-refractivity contribution in [3.05, 3.63) is 59.8 Å². The molecule has 8 heteroatoms. The number of aryl methyl sites for hydroxylation is 1. The van der Waals surface area contributed by atoms with E-state index in [1.165, 1.54) is 27.2 Å². The predicted molar refractivity (Wildman–Crippen MR) is 90.9 cm³/mol. The third kappa shape index (κ3) is 3.34. The lowest BCUT2D eigenvalue weighted by Gasteiger charge is -1.97. The Morgan fingerprint density at radius 1 is 1.12 bits per heavy atom. The van der Waals surface area contributed by atoms with Gasteiger partial charge in [0.2, 0.25) is 15.9 Å². The van der Waals surface area contributed by atoms with Crippen molar-refractivity contribution in [1.82, 2.24) is 4.52 Å². The van der Waals surface area contributed by atoms with Gasteiger partial charge >= 0.3 is 0 Å². The molecule has 1 N–H and O–H groups in total. The molecule has 0 fully saturated rings. The molecule has 0 aliphatic rings. The van der Waals surface area contributed by atoms with Crippen LogP contribution in [0.5, 0.6) is 0 Å². The highest BCUT2D eigenvalue weighted by Crippen LogP contribution is 2.25. The molecule has 0 saturated heterocycles. The highest BCUT2D eigenvalue weighted by molar-refractivity contribution is 7.79. The van der Waals surface area contributed by atoms with Gasteiger partial charge in [-0.2, -0.15) is 0 Å². The van der Waals surface area contributed by atoms with Gasteiger partial charge in [0.15, 0.2) is 7.05 Å². The van der Waals surface area contributed by atoms with Crippen LogP contribution in [-0.4, -0.2) is 22.0 Å². The summed E-state index contributed by atoms with van der Waals surface area (Å²) in [5, 5.41) is 4.43. The maximum Gasteiger partial charge on any atom is 0.239 e. The highest BCUT2D eigenvalue weighted by atomic mass is 35.5. The van der Waals surface area contributed by atoms with E-state index in [4.69, 9.17) is 29.1 Å². The lowest BCUT2D eigenvalue weighted by atomic mass is 10.1. The molecule has 0 bridgehead atoms. The number of nitrogens with zero attached hydrogens (tertiary/aromatic N) is 2. The second-order valence-corrected chi connectivity index (χ2v) is 6.54. The van der Waals surface area contributed by atoms with Gasteiger partial charge in [0, 0.05) is 16.5 Å².